The second-order valence-corrected chi connectivity index (χ2v) is 11.3. The Morgan fingerprint density at radius 2 is 1.80 bits per heavy atom. The highest BCUT2D eigenvalue weighted by atomic mass is 32.2. The van der Waals surface area contributed by atoms with Gasteiger partial charge in [0.1, 0.15) is 19.2 Å². The molecule has 0 bridgehead atoms. The molecule has 0 radical (unpaired) electrons. The molecular formula is C24H38NO4S+. The highest BCUT2D eigenvalue weighted by molar-refractivity contribution is 7.84. The van der Waals surface area contributed by atoms with Gasteiger partial charge in [-0.3, -0.25) is 9.00 Å². The standard InChI is InChI=1S/C24H37NO4S/c1-24(2,3)20-10-8-19(9-11-20)18-30(27)22-7-5-4-6-21(22)29-23(26)12-13-25-14-16-28-17-15-25/h8-11,21-22H,4-7,12-18H2,1-3H3/p+1/t21-,22+,30-/m0/s1. The first-order valence-corrected chi connectivity index (χ1v) is 12.8. The first-order valence-electron chi connectivity index (χ1n) is 11.4. The Labute approximate surface area is 184 Å². The van der Waals surface area contributed by atoms with Crippen LogP contribution in [0.5, 0.6) is 0 Å². The molecule has 1 saturated heterocycles. The van der Waals surface area contributed by atoms with E-state index in [9.17, 15) is 9.00 Å². The van der Waals surface area contributed by atoms with Gasteiger partial charge in [-0.05, 0) is 35.8 Å². The molecule has 1 saturated carbocycles. The van der Waals surface area contributed by atoms with Gasteiger partial charge in [0.25, 0.3) is 0 Å². The van der Waals surface area contributed by atoms with Crippen molar-refractivity contribution in [3.63, 3.8) is 0 Å². The number of nitrogens with one attached hydrogen (secondary N) is 1. The Balaban J connectivity index is 1.52. The maximum atomic E-state index is 13.1. The smallest absolute Gasteiger partial charge is 0.311 e. The number of ether oxygens (including phenoxy) is 2. The van der Waals surface area contributed by atoms with Gasteiger partial charge in [-0.1, -0.05) is 51.5 Å². The molecule has 5 nitrogen and oxygen atoms in total. The van der Waals surface area contributed by atoms with Crippen molar-refractivity contribution >= 4 is 16.8 Å². The lowest BCUT2D eigenvalue weighted by Gasteiger charge is -2.31. The zero-order chi connectivity index (χ0) is 21.6. The quantitative estimate of drug-likeness (QED) is 0.667. The van der Waals surface area contributed by atoms with E-state index in [1.54, 1.807) is 0 Å². The third-order valence-corrected chi connectivity index (χ3v) is 8.11. The Kier molecular flexibility index (Phi) is 8.49. The Morgan fingerprint density at radius 3 is 2.47 bits per heavy atom. The molecule has 168 valence electrons. The maximum absolute atomic E-state index is 13.1. The SMILES string of the molecule is CC(C)(C)c1ccc(C[S@](=O)[C@@H]2CCCC[C@@H]2OC(=O)CC[NH+]2CCOCC2)cc1. The highest BCUT2D eigenvalue weighted by Crippen LogP contribution is 2.28. The van der Waals surface area contributed by atoms with Crippen molar-refractivity contribution in [1.29, 1.82) is 0 Å². The van der Waals surface area contributed by atoms with Crippen molar-refractivity contribution in [2.75, 3.05) is 32.8 Å². The van der Waals surface area contributed by atoms with Gasteiger partial charge in [0.15, 0.2) is 0 Å². The molecule has 1 N–H and O–H groups in total. The summed E-state index contributed by atoms with van der Waals surface area (Å²) in [6.07, 6.45) is 4.03. The molecule has 1 heterocycles. The normalized spacial score (nSPS) is 24.4. The number of benzene rings is 1. The summed E-state index contributed by atoms with van der Waals surface area (Å²) in [5.41, 5.74) is 2.49. The van der Waals surface area contributed by atoms with E-state index in [0.29, 0.717) is 12.2 Å². The van der Waals surface area contributed by atoms with Crippen molar-refractivity contribution in [3.8, 4) is 0 Å². The van der Waals surface area contributed by atoms with Gasteiger partial charge in [0.05, 0.1) is 31.4 Å². The number of hydrogen-bond donors (Lipinski definition) is 1. The molecule has 30 heavy (non-hydrogen) atoms. The van der Waals surface area contributed by atoms with Crippen LogP contribution in [-0.4, -0.2) is 54.4 Å². The molecule has 6 heteroatoms. The van der Waals surface area contributed by atoms with E-state index in [1.165, 1.54) is 10.5 Å². The van der Waals surface area contributed by atoms with E-state index in [4.69, 9.17) is 9.47 Å². The van der Waals surface area contributed by atoms with Crippen molar-refractivity contribution in [1.82, 2.24) is 0 Å². The second-order valence-electron chi connectivity index (χ2n) is 9.69. The number of carbonyl (C=O) groups is 1. The first-order chi connectivity index (χ1) is 14.3. The van der Waals surface area contributed by atoms with Crippen LogP contribution in [0.3, 0.4) is 0 Å². The van der Waals surface area contributed by atoms with Crippen LogP contribution in [0.2, 0.25) is 0 Å². The summed E-state index contributed by atoms with van der Waals surface area (Å²) in [6, 6.07) is 8.46. The number of carbonyl (C=O) groups excluding carboxylic acids is 1. The molecular weight excluding hydrogens is 398 g/mol. The van der Waals surface area contributed by atoms with Crippen LogP contribution < -0.4 is 4.90 Å². The fraction of sp³-hybridized carbons (Fsp3) is 0.708. The van der Waals surface area contributed by atoms with Crippen LogP contribution in [0.25, 0.3) is 0 Å². The number of quaternary nitrogens is 1. The minimum Gasteiger partial charge on any atom is -0.461 e. The van der Waals surface area contributed by atoms with Crippen LogP contribution in [0.4, 0.5) is 0 Å². The van der Waals surface area contributed by atoms with Gasteiger partial charge in [0, 0.05) is 16.6 Å². The van der Waals surface area contributed by atoms with Gasteiger partial charge in [0.2, 0.25) is 0 Å². The van der Waals surface area contributed by atoms with E-state index >= 15 is 0 Å². The predicted molar refractivity (Wildman–Crippen MR) is 120 cm³/mol. The molecule has 0 amide bonds. The summed E-state index contributed by atoms with van der Waals surface area (Å²) in [6.45, 7) is 10.8. The monoisotopic (exact) mass is 436 g/mol. The zero-order valence-electron chi connectivity index (χ0n) is 18.8. The summed E-state index contributed by atoms with van der Waals surface area (Å²) >= 11 is 0. The molecule has 2 aliphatic rings. The van der Waals surface area contributed by atoms with Gasteiger partial charge in [-0.15, -0.1) is 0 Å². The molecule has 1 aromatic rings. The van der Waals surface area contributed by atoms with Crippen LogP contribution in [0.1, 0.15) is 64.0 Å². The van der Waals surface area contributed by atoms with Gasteiger partial charge < -0.3 is 14.4 Å². The predicted octanol–water partition coefficient (Wildman–Crippen LogP) is 2.39. The topological polar surface area (TPSA) is 57.0 Å². The highest BCUT2D eigenvalue weighted by Gasteiger charge is 2.33. The van der Waals surface area contributed by atoms with Gasteiger partial charge >= 0.3 is 5.97 Å². The van der Waals surface area contributed by atoms with Crippen molar-refractivity contribution in [2.45, 2.75) is 75.4 Å². The summed E-state index contributed by atoms with van der Waals surface area (Å²) in [5, 5.41) is -0.0549. The number of morpholine rings is 1. The lowest BCUT2D eigenvalue weighted by atomic mass is 9.87. The Hall–Kier alpha value is -1.24. The molecule has 1 aliphatic carbocycles. The minimum absolute atomic E-state index is 0.0549. The van der Waals surface area contributed by atoms with E-state index < -0.39 is 10.8 Å². The van der Waals surface area contributed by atoms with E-state index in [0.717, 1.165) is 64.1 Å². The second kappa shape index (κ2) is 10.9. The molecule has 0 aromatic heterocycles. The number of hydrogen-bond acceptors (Lipinski definition) is 4. The largest absolute Gasteiger partial charge is 0.461 e. The third kappa shape index (κ3) is 6.89. The number of esters is 1. The fourth-order valence-electron chi connectivity index (χ4n) is 4.29. The molecule has 2 fully saturated rings. The maximum Gasteiger partial charge on any atom is 0.311 e. The number of rotatable bonds is 7. The summed E-state index contributed by atoms with van der Waals surface area (Å²) in [5.74, 6) is 0.388. The average molecular weight is 437 g/mol. The summed E-state index contributed by atoms with van der Waals surface area (Å²) in [7, 11) is -1.04. The van der Waals surface area contributed by atoms with E-state index in [-0.39, 0.29) is 22.7 Å². The van der Waals surface area contributed by atoms with Crippen LogP contribution >= 0.6 is 0 Å². The summed E-state index contributed by atoms with van der Waals surface area (Å²) < 4.78 is 24.4. The van der Waals surface area contributed by atoms with Crippen LogP contribution in [0, 0.1) is 0 Å². The molecule has 1 aliphatic heterocycles. The molecule has 0 spiro atoms. The van der Waals surface area contributed by atoms with Crippen LogP contribution in [0.15, 0.2) is 24.3 Å². The van der Waals surface area contributed by atoms with Crippen molar-refractivity contribution < 1.29 is 23.4 Å². The lowest BCUT2D eigenvalue weighted by Crippen LogP contribution is -3.14. The van der Waals surface area contributed by atoms with Gasteiger partial charge in [-0.25, -0.2) is 0 Å². The summed E-state index contributed by atoms with van der Waals surface area (Å²) in [4.78, 5) is 13.8. The first kappa shape index (κ1) is 23.4. The molecule has 3 atom stereocenters. The third-order valence-electron chi connectivity index (χ3n) is 6.27. The molecule has 1 aromatic carbocycles. The zero-order valence-corrected chi connectivity index (χ0v) is 19.6. The minimum atomic E-state index is -1.04. The van der Waals surface area contributed by atoms with Crippen molar-refractivity contribution in [2.24, 2.45) is 0 Å². The van der Waals surface area contributed by atoms with Crippen molar-refractivity contribution in [3.05, 3.63) is 35.4 Å². The Bertz CT molecular complexity index is 707. The lowest BCUT2D eigenvalue weighted by molar-refractivity contribution is -0.907. The molecule has 3 rings (SSSR count). The average Bonchev–Trinajstić information content (AvgIpc) is 2.73. The Morgan fingerprint density at radius 1 is 1.13 bits per heavy atom. The van der Waals surface area contributed by atoms with Crippen LogP contribution in [-0.2, 0) is 36.2 Å². The van der Waals surface area contributed by atoms with E-state index in [2.05, 4.69) is 45.0 Å². The molecule has 0 unspecified atom stereocenters. The van der Waals surface area contributed by atoms with E-state index in [1.807, 2.05) is 0 Å². The fourth-order valence-corrected chi connectivity index (χ4v) is 5.98. The van der Waals surface area contributed by atoms with Gasteiger partial charge in [-0.2, -0.15) is 0 Å².